The molecule has 0 saturated carbocycles. The lowest BCUT2D eigenvalue weighted by molar-refractivity contribution is 0.387. The van der Waals surface area contributed by atoms with Crippen molar-refractivity contribution in [2.75, 3.05) is 43.1 Å². The highest BCUT2D eigenvalue weighted by atomic mass is 32.2. The van der Waals surface area contributed by atoms with Gasteiger partial charge in [0, 0.05) is 32.4 Å². The van der Waals surface area contributed by atoms with E-state index in [1.165, 1.54) is 10.6 Å². The van der Waals surface area contributed by atoms with E-state index in [1.54, 1.807) is 18.3 Å². The van der Waals surface area contributed by atoms with Crippen molar-refractivity contribution in [3.8, 4) is 0 Å². The fourth-order valence-corrected chi connectivity index (χ4v) is 2.73. The van der Waals surface area contributed by atoms with E-state index >= 15 is 0 Å². The lowest BCUT2D eigenvalue weighted by Gasteiger charge is -2.34. The number of pyridine rings is 1. The fourth-order valence-electron chi connectivity index (χ4n) is 1.91. The molecule has 7 heteroatoms. The third-order valence-electron chi connectivity index (χ3n) is 2.82. The number of nitrogen functional groups attached to an aromatic ring is 1. The van der Waals surface area contributed by atoms with Crippen LogP contribution in [0.1, 0.15) is 0 Å². The van der Waals surface area contributed by atoms with Gasteiger partial charge in [0.05, 0.1) is 11.9 Å². The van der Waals surface area contributed by atoms with Crippen molar-refractivity contribution in [1.82, 2.24) is 9.29 Å². The highest BCUT2D eigenvalue weighted by molar-refractivity contribution is 7.88. The molecule has 0 radical (unpaired) electrons. The minimum absolute atomic E-state index is 0.481. The number of nitrogens with two attached hydrogens (primary N) is 1. The average Bonchev–Trinajstić information content (AvgIpc) is 2.29. The topological polar surface area (TPSA) is 79.5 Å². The van der Waals surface area contributed by atoms with Crippen LogP contribution in [0.2, 0.25) is 0 Å². The van der Waals surface area contributed by atoms with Crippen LogP contribution in [0.4, 0.5) is 11.5 Å². The Balaban J connectivity index is 2.08. The fraction of sp³-hybridized carbons (Fsp3) is 0.500. The van der Waals surface area contributed by atoms with E-state index in [4.69, 9.17) is 5.73 Å². The maximum Gasteiger partial charge on any atom is 0.211 e. The van der Waals surface area contributed by atoms with E-state index in [9.17, 15) is 8.42 Å². The minimum Gasteiger partial charge on any atom is -0.396 e. The molecule has 0 bridgehead atoms. The van der Waals surface area contributed by atoms with Crippen molar-refractivity contribution in [3.05, 3.63) is 18.3 Å². The Morgan fingerprint density at radius 1 is 1.29 bits per heavy atom. The SMILES string of the molecule is CS(=O)(=O)N1CCN(c2ncccc2N)CC1. The first-order valence-corrected chi connectivity index (χ1v) is 7.24. The van der Waals surface area contributed by atoms with Crippen molar-refractivity contribution in [3.63, 3.8) is 0 Å². The number of aromatic nitrogens is 1. The van der Waals surface area contributed by atoms with Crippen LogP contribution in [-0.2, 0) is 10.0 Å². The molecule has 0 amide bonds. The molecule has 0 aliphatic carbocycles. The normalized spacial score (nSPS) is 18.3. The first-order valence-electron chi connectivity index (χ1n) is 5.39. The second-order valence-corrected chi connectivity index (χ2v) is 6.05. The van der Waals surface area contributed by atoms with Gasteiger partial charge in [-0.2, -0.15) is 4.31 Å². The van der Waals surface area contributed by atoms with E-state index in [0.29, 0.717) is 31.9 Å². The van der Waals surface area contributed by atoms with Gasteiger partial charge in [-0.15, -0.1) is 0 Å². The summed E-state index contributed by atoms with van der Waals surface area (Å²) < 4.78 is 24.2. The van der Waals surface area contributed by atoms with Gasteiger partial charge in [-0.1, -0.05) is 0 Å². The third kappa shape index (κ3) is 2.67. The molecule has 1 saturated heterocycles. The summed E-state index contributed by atoms with van der Waals surface area (Å²) in [6.45, 7) is 2.20. The minimum atomic E-state index is -3.09. The smallest absolute Gasteiger partial charge is 0.211 e. The number of rotatable bonds is 2. The van der Waals surface area contributed by atoms with Crippen LogP contribution in [0, 0.1) is 0 Å². The summed E-state index contributed by atoms with van der Waals surface area (Å²) in [6.07, 6.45) is 2.92. The molecule has 0 unspecified atom stereocenters. The Bertz CT molecular complexity index is 495. The molecule has 94 valence electrons. The molecule has 1 aliphatic rings. The summed E-state index contributed by atoms with van der Waals surface area (Å²) in [6, 6.07) is 3.58. The number of anilines is 2. The van der Waals surface area contributed by atoms with Crippen LogP contribution in [-0.4, -0.2) is 50.1 Å². The molecule has 0 spiro atoms. The zero-order chi connectivity index (χ0) is 12.5. The third-order valence-corrected chi connectivity index (χ3v) is 4.13. The largest absolute Gasteiger partial charge is 0.396 e. The summed E-state index contributed by atoms with van der Waals surface area (Å²) in [7, 11) is -3.09. The van der Waals surface area contributed by atoms with Crippen molar-refractivity contribution < 1.29 is 8.42 Å². The Morgan fingerprint density at radius 2 is 1.94 bits per heavy atom. The van der Waals surface area contributed by atoms with Crippen LogP contribution in [0.25, 0.3) is 0 Å². The van der Waals surface area contributed by atoms with Gasteiger partial charge in [0.15, 0.2) is 5.82 Å². The maximum absolute atomic E-state index is 11.4. The van der Waals surface area contributed by atoms with Gasteiger partial charge in [-0.25, -0.2) is 13.4 Å². The van der Waals surface area contributed by atoms with E-state index in [-0.39, 0.29) is 0 Å². The molecule has 0 atom stereocenters. The standard InChI is InChI=1S/C10H16N4O2S/c1-17(15,16)14-7-5-13(6-8-14)10-9(11)3-2-4-12-10/h2-4H,5-8,11H2,1H3. The second-order valence-electron chi connectivity index (χ2n) is 4.07. The monoisotopic (exact) mass is 256 g/mol. The van der Waals surface area contributed by atoms with Crippen LogP contribution in [0.3, 0.4) is 0 Å². The predicted molar refractivity (Wildman–Crippen MR) is 67.3 cm³/mol. The molecular weight excluding hydrogens is 240 g/mol. The summed E-state index contributed by atoms with van der Waals surface area (Å²) in [5.74, 6) is 0.737. The van der Waals surface area contributed by atoms with Gasteiger partial charge >= 0.3 is 0 Å². The predicted octanol–water partition coefficient (Wildman–Crippen LogP) is -0.255. The van der Waals surface area contributed by atoms with E-state index < -0.39 is 10.0 Å². The van der Waals surface area contributed by atoms with Crippen LogP contribution in [0.15, 0.2) is 18.3 Å². The quantitative estimate of drug-likeness (QED) is 0.789. The zero-order valence-corrected chi connectivity index (χ0v) is 10.5. The second kappa shape index (κ2) is 4.50. The van der Waals surface area contributed by atoms with Gasteiger partial charge in [0.1, 0.15) is 0 Å². The molecule has 2 N–H and O–H groups in total. The molecule has 2 heterocycles. The first kappa shape index (κ1) is 12.1. The molecule has 1 aromatic rings. The van der Waals surface area contributed by atoms with E-state index in [1.807, 2.05) is 4.90 Å². The number of piperazine rings is 1. The number of hydrogen-bond donors (Lipinski definition) is 1. The Hall–Kier alpha value is -1.34. The molecule has 2 rings (SSSR count). The lowest BCUT2D eigenvalue weighted by atomic mass is 10.3. The molecule has 6 nitrogen and oxygen atoms in total. The van der Waals surface area contributed by atoms with Crippen molar-refractivity contribution >= 4 is 21.5 Å². The highest BCUT2D eigenvalue weighted by Gasteiger charge is 2.24. The van der Waals surface area contributed by atoms with Gasteiger partial charge in [-0.05, 0) is 12.1 Å². The molecular formula is C10H16N4O2S. The van der Waals surface area contributed by atoms with Crippen molar-refractivity contribution in [1.29, 1.82) is 0 Å². The maximum atomic E-state index is 11.4. The summed E-state index contributed by atoms with van der Waals surface area (Å²) in [4.78, 5) is 6.23. The van der Waals surface area contributed by atoms with Gasteiger partial charge < -0.3 is 10.6 Å². The number of sulfonamides is 1. The Kier molecular flexibility index (Phi) is 3.21. The van der Waals surface area contributed by atoms with Crippen molar-refractivity contribution in [2.24, 2.45) is 0 Å². The summed E-state index contributed by atoms with van der Waals surface area (Å²) in [5.41, 5.74) is 6.46. The highest BCUT2D eigenvalue weighted by Crippen LogP contribution is 2.20. The summed E-state index contributed by atoms with van der Waals surface area (Å²) in [5, 5.41) is 0. The van der Waals surface area contributed by atoms with Gasteiger partial charge in [-0.3, -0.25) is 0 Å². The number of nitrogens with zero attached hydrogens (tertiary/aromatic N) is 3. The molecule has 17 heavy (non-hydrogen) atoms. The van der Waals surface area contributed by atoms with Crippen LogP contribution < -0.4 is 10.6 Å². The van der Waals surface area contributed by atoms with E-state index in [2.05, 4.69) is 4.98 Å². The van der Waals surface area contributed by atoms with E-state index in [0.717, 1.165) is 5.82 Å². The Morgan fingerprint density at radius 3 is 2.47 bits per heavy atom. The molecule has 1 aliphatic heterocycles. The first-order chi connectivity index (χ1) is 7.98. The molecule has 1 fully saturated rings. The van der Waals surface area contributed by atoms with Crippen molar-refractivity contribution in [2.45, 2.75) is 0 Å². The Labute approximate surface area is 101 Å². The van der Waals surface area contributed by atoms with Gasteiger partial charge in [0.25, 0.3) is 0 Å². The molecule has 1 aromatic heterocycles. The summed E-state index contributed by atoms with van der Waals surface area (Å²) >= 11 is 0. The van der Waals surface area contributed by atoms with Crippen LogP contribution in [0.5, 0.6) is 0 Å². The lowest BCUT2D eigenvalue weighted by Crippen LogP contribution is -2.48. The zero-order valence-electron chi connectivity index (χ0n) is 9.70. The van der Waals surface area contributed by atoms with Gasteiger partial charge in [0.2, 0.25) is 10.0 Å². The molecule has 0 aromatic carbocycles. The average molecular weight is 256 g/mol. The van der Waals surface area contributed by atoms with Crippen LogP contribution >= 0.6 is 0 Å². The number of hydrogen-bond acceptors (Lipinski definition) is 5.